The molecular formula is C22H24F2N4O2. The molecule has 30 heavy (non-hydrogen) atoms. The summed E-state index contributed by atoms with van der Waals surface area (Å²) in [5, 5.41) is 18.7. The summed E-state index contributed by atoms with van der Waals surface area (Å²) in [6, 6.07) is 6.60. The number of benzene rings is 1. The Hall–Kier alpha value is -2.87. The second-order valence-electron chi connectivity index (χ2n) is 8.58. The van der Waals surface area contributed by atoms with E-state index in [2.05, 4.69) is 15.4 Å². The van der Waals surface area contributed by atoms with Crippen LogP contribution in [0.2, 0.25) is 0 Å². The van der Waals surface area contributed by atoms with Crippen LogP contribution in [0.25, 0.3) is 10.9 Å². The highest BCUT2D eigenvalue weighted by Crippen LogP contribution is 2.40. The molecule has 3 aromatic rings. The highest BCUT2D eigenvalue weighted by molar-refractivity contribution is 6.04. The molecule has 1 aliphatic rings. The van der Waals surface area contributed by atoms with Crippen molar-refractivity contribution in [2.24, 2.45) is 0 Å². The van der Waals surface area contributed by atoms with E-state index in [1.54, 1.807) is 30.7 Å². The first-order valence-corrected chi connectivity index (χ1v) is 9.91. The van der Waals surface area contributed by atoms with Gasteiger partial charge in [0.05, 0.1) is 11.1 Å². The van der Waals surface area contributed by atoms with E-state index in [0.29, 0.717) is 22.3 Å². The molecule has 0 saturated heterocycles. The Bertz CT molecular complexity index is 1150. The molecule has 2 N–H and O–H groups in total. The summed E-state index contributed by atoms with van der Waals surface area (Å²) >= 11 is 0. The van der Waals surface area contributed by atoms with Crippen LogP contribution in [-0.4, -0.2) is 25.8 Å². The molecule has 2 heterocycles. The maximum Gasteiger partial charge on any atom is 0.290 e. The minimum Gasteiger partial charge on any atom is -0.386 e. The van der Waals surface area contributed by atoms with Crippen LogP contribution < -0.4 is 5.32 Å². The van der Waals surface area contributed by atoms with E-state index < -0.39 is 17.4 Å². The monoisotopic (exact) mass is 414 g/mol. The van der Waals surface area contributed by atoms with Crippen LogP contribution >= 0.6 is 0 Å². The zero-order valence-electron chi connectivity index (χ0n) is 17.3. The van der Waals surface area contributed by atoms with Gasteiger partial charge in [0.15, 0.2) is 0 Å². The van der Waals surface area contributed by atoms with Crippen molar-refractivity contribution in [1.29, 1.82) is 0 Å². The lowest BCUT2D eigenvalue weighted by Gasteiger charge is -2.22. The molecule has 1 amide bonds. The number of carbonyl (C=O) groups excluding carboxylic acids is 1. The number of pyridine rings is 1. The molecule has 0 saturated carbocycles. The molecule has 6 nitrogen and oxygen atoms in total. The SMILES string of the molecule is CC(C)n1cc2cc(NC(=O)c3ccc4c(n3)C(F)(F)CC4)c(C(C)(C)O)cc2n1. The van der Waals surface area contributed by atoms with Crippen LogP contribution in [-0.2, 0) is 17.9 Å². The molecule has 0 bridgehead atoms. The van der Waals surface area contributed by atoms with Gasteiger partial charge in [0.25, 0.3) is 11.8 Å². The lowest BCUT2D eigenvalue weighted by molar-refractivity contribution is -0.00600. The summed E-state index contributed by atoms with van der Waals surface area (Å²) in [6.45, 7) is 7.22. The fraction of sp³-hybridized carbons (Fsp3) is 0.409. The fourth-order valence-electron chi connectivity index (χ4n) is 3.69. The van der Waals surface area contributed by atoms with Gasteiger partial charge in [-0.2, -0.15) is 13.9 Å². The third-order valence-electron chi connectivity index (χ3n) is 5.36. The summed E-state index contributed by atoms with van der Waals surface area (Å²) in [5.41, 5.74) is 0.352. The predicted octanol–water partition coefficient (Wildman–Crippen LogP) is 4.53. The Morgan fingerprint density at radius 1 is 1.30 bits per heavy atom. The van der Waals surface area contributed by atoms with Gasteiger partial charge in [0.2, 0.25) is 0 Å². The number of aryl methyl sites for hydroxylation is 1. The van der Waals surface area contributed by atoms with Crippen molar-refractivity contribution >= 4 is 22.5 Å². The lowest BCUT2D eigenvalue weighted by atomic mass is 9.95. The molecule has 0 aliphatic heterocycles. The molecule has 0 fully saturated rings. The maximum absolute atomic E-state index is 14.0. The van der Waals surface area contributed by atoms with Crippen molar-refractivity contribution in [3.05, 3.63) is 53.0 Å². The standard InChI is InChI=1S/C22H24F2N4O2/c1-12(2)28-11-14-9-18(15(21(3,4)30)10-17(14)27-28)26-20(29)16-6-5-13-7-8-22(23,24)19(13)25-16/h5-6,9-12,30H,7-8H2,1-4H3,(H,26,29). The number of rotatable bonds is 4. The van der Waals surface area contributed by atoms with Crippen LogP contribution in [0.1, 0.15) is 67.5 Å². The molecule has 0 spiro atoms. The zero-order chi connectivity index (χ0) is 21.8. The number of aromatic nitrogens is 3. The highest BCUT2D eigenvalue weighted by atomic mass is 19.3. The number of anilines is 1. The maximum atomic E-state index is 14.0. The third-order valence-corrected chi connectivity index (χ3v) is 5.36. The van der Waals surface area contributed by atoms with Crippen LogP contribution in [0, 0.1) is 0 Å². The Labute approximate surface area is 172 Å². The molecule has 158 valence electrons. The highest BCUT2D eigenvalue weighted by Gasteiger charge is 2.41. The molecule has 1 aliphatic carbocycles. The quantitative estimate of drug-likeness (QED) is 0.657. The Morgan fingerprint density at radius 2 is 2.03 bits per heavy atom. The fourth-order valence-corrected chi connectivity index (χ4v) is 3.69. The molecular weight excluding hydrogens is 390 g/mol. The average molecular weight is 414 g/mol. The first-order valence-electron chi connectivity index (χ1n) is 9.91. The lowest BCUT2D eigenvalue weighted by Crippen LogP contribution is -2.22. The van der Waals surface area contributed by atoms with E-state index in [1.807, 2.05) is 20.0 Å². The molecule has 1 aromatic carbocycles. The first kappa shape index (κ1) is 20.4. The number of hydrogen-bond acceptors (Lipinski definition) is 4. The van der Waals surface area contributed by atoms with E-state index in [-0.39, 0.29) is 30.3 Å². The minimum atomic E-state index is -3.02. The normalized spacial score (nSPS) is 15.6. The molecule has 4 rings (SSSR count). The average Bonchev–Trinajstić information content (AvgIpc) is 3.20. The Morgan fingerprint density at radius 3 is 2.70 bits per heavy atom. The van der Waals surface area contributed by atoms with Gasteiger partial charge in [0.1, 0.15) is 11.4 Å². The number of nitrogens with one attached hydrogen (secondary N) is 1. The topological polar surface area (TPSA) is 80.0 Å². The van der Waals surface area contributed by atoms with Crippen molar-refractivity contribution in [2.45, 2.75) is 58.1 Å². The largest absolute Gasteiger partial charge is 0.386 e. The van der Waals surface area contributed by atoms with Gasteiger partial charge >= 0.3 is 0 Å². The van der Waals surface area contributed by atoms with Gasteiger partial charge < -0.3 is 10.4 Å². The number of nitrogens with zero attached hydrogens (tertiary/aromatic N) is 3. The van der Waals surface area contributed by atoms with Crippen molar-refractivity contribution in [3.8, 4) is 0 Å². The van der Waals surface area contributed by atoms with Crippen LogP contribution in [0.4, 0.5) is 14.5 Å². The number of carbonyl (C=O) groups is 1. The van der Waals surface area contributed by atoms with E-state index in [9.17, 15) is 18.7 Å². The van der Waals surface area contributed by atoms with Gasteiger partial charge in [-0.1, -0.05) is 6.07 Å². The summed E-state index contributed by atoms with van der Waals surface area (Å²) in [5.74, 6) is -3.63. The van der Waals surface area contributed by atoms with Gasteiger partial charge in [-0.05, 0) is 57.9 Å². The number of hydrogen-bond donors (Lipinski definition) is 2. The summed E-state index contributed by atoms with van der Waals surface area (Å²) in [7, 11) is 0. The van der Waals surface area contributed by atoms with E-state index >= 15 is 0 Å². The van der Waals surface area contributed by atoms with Crippen LogP contribution in [0.3, 0.4) is 0 Å². The number of alkyl halides is 2. The van der Waals surface area contributed by atoms with Crippen LogP contribution in [0.5, 0.6) is 0 Å². The number of halogens is 2. The van der Waals surface area contributed by atoms with Crippen LogP contribution in [0.15, 0.2) is 30.5 Å². The minimum absolute atomic E-state index is 0.0880. The zero-order valence-corrected chi connectivity index (χ0v) is 17.3. The van der Waals surface area contributed by atoms with Crippen molar-refractivity contribution < 1.29 is 18.7 Å². The van der Waals surface area contributed by atoms with E-state index in [0.717, 1.165) is 5.39 Å². The van der Waals surface area contributed by atoms with Gasteiger partial charge in [0, 0.05) is 35.3 Å². The van der Waals surface area contributed by atoms with Crippen molar-refractivity contribution in [1.82, 2.24) is 14.8 Å². The molecule has 8 heteroatoms. The van der Waals surface area contributed by atoms with Crippen molar-refractivity contribution in [3.63, 3.8) is 0 Å². The molecule has 0 radical (unpaired) electrons. The van der Waals surface area contributed by atoms with Crippen molar-refractivity contribution in [2.75, 3.05) is 5.32 Å². The predicted molar refractivity (Wildman–Crippen MR) is 110 cm³/mol. The van der Waals surface area contributed by atoms with Gasteiger partial charge in [-0.15, -0.1) is 0 Å². The molecule has 2 aromatic heterocycles. The summed E-state index contributed by atoms with van der Waals surface area (Å²) in [6.07, 6.45) is 1.81. The number of amides is 1. The summed E-state index contributed by atoms with van der Waals surface area (Å²) < 4.78 is 29.9. The molecule has 0 unspecified atom stereocenters. The number of fused-ring (bicyclic) bond motifs is 2. The second-order valence-corrected chi connectivity index (χ2v) is 8.58. The van der Waals surface area contributed by atoms with E-state index in [1.165, 1.54) is 12.1 Å². The Kier molecular flexibility index (Phi) is 4.65. The summed E-state index contributed by atoms with van der Waals surface area (Å²) in [4.78, 5) is 16.8. The van der Waals surface area contributed by atoms with Gasteiger partial charge in [-0.3, -0.25) is 9.48 Å². The van der Waals surface area contributed by atoms with Gasteiger partial charge in [-0.25, -0.2) is 4.98 Å². The second kappa shape index (κ2) is 6.84. The third kappa shape index (κ3) is 3.56. The van der Waals surface area contributed by atoms with E-state index in [4.69, 9.17) is 0 Å². The first-order chi connectivity index (χ1) is 14.0. The number of aliphatic hydroxyl groups is 1. The smallest absolute Gasteiger partial charge is 0.290 e. The Balaban J connectivity index is 1.73. The molecule has 0 atom stereocenters.